The van der Waals surface area contributed by atoms with Gasteiger partial charge in [-0.05, 0) is 42.3 Å². The summed E-state index contributed by atoms with van der Waals surface area (Å²) in [5.41, 5.74) is 3.71. The van der Waals surface area contributed by atoms with Crippen LogP contribution in [0.3, 0.4) is 0 Å². The third-order valence-electron chi connectivity index (χ3n) is 4.42. The average Bonchev–Trinajstić information content (AvgIpc) is 3.01. The molecule has 2 amide bonds. The SMILES string of the molecule is CCc1ccccc1NC(=O)CC1SC(=Nc2ccc(N(C)C)cc2)NC1=O. The molecule has 1 heterocycles. The largest absolute Gasteiger partial charge is 0.378 e. The summed E-state index contributed by atoms with van der Waals surface area (Å²) in [5, 5.41) is 5.72. The van der Waals surface area contributed by atoms with Gasteiger partial charge in [-0.25, -0.2) is 4.99 Å². The minimum Gasteiger partial charge on any atom is -0.378 e. The topological polar surface area (TPSA) is 73.8 Å². The predicted octanol–water partition coefficient (Wildman–Crippen LogP) is 3.56. The summed E-state index contributed by atoms with van der Waals surface area (Å²) in [5.74, 6) is -0.363. The molecule has 0 radical (unpaired) electrons. The van der Waals surface area contributed by atoms with E-state index in [1.54, 1.807) is 0 Å². The molecule has 2 aromatic rings. The van der Waals surface area contributed by atoms with Crippen molar-refractivity contribution in [1.29, 1.82) is 0 Å². The third kappa shape index (κ3) is 4.92. The van der Waals surface area contributed by atoms with Gasteiger partial charge in [-0.3, -0.25) is 9.59 Å². The Balaban J connectivity index is 1.61. The van der Waals surface area contributed by atoms with Crippen molar-refractivity contribution in [3.8, 4) is 0 Å². The molecule has 1 aliphatic heterocycles. The maximum Gasteiger partial charge on any atom is 0.240 e. The Morgan fingerprint density at radius 3 is 2.57 bits per heavy atom. The molecule has 0 aliphatic carbocycles. The number of nitrogens with zero attached hydrogens (tertiary/aromatic N) is 2. The molecule has 0 bridgehead atoms. The van der Waals surface area contributed by atoms with Gasteiger partial charge in [0.2, 0.25) is 11.8 Å². The number of para-hydroxylation sites is 1. The van der Waals surface area contributed by atoms with Gasteiger partial charge in [-0.2, -0.15) is 0 Å². The van der Waals surface area contributed by atoms with Crippen LogP contribution >= 0.6 is 11.8 Å². The lowest BCUT2D eigenvalue weighted by Crippen LogP contribution is -2.28. The number of hydrogen-bond acceptors (Lipinski definition) is 5. The summed E-state index contributed by atoms with van der Waals surface area (Å²) in [6.45, 7) is 2.04. The lowest BCUT2D eigenvalue weighted by molar-refractivity contribution is -0.122. The highest BCUT2D eigenvalue weighted by molar-refractivity contribution is 8.15. The number of aliphatic imine (C=N–C) groups is 1. The van der Waals surface area contributed by atoms with E-state index in [0.717, 1.165) is 29.0 Å². The maximum absolute atomic E-state index is 12.4. The van der Waals surface area contributed by atoms with E-state index in [1.165, 1.54) is 11.8 Å². The quantitative estimate of drug-likeness (QED) is 0.783. The van der Waals surface area contributed by atoms with Gasteiger partial charge in [0, 0.05) is 31.9 Å². The fourth-order valence-corrected chi connectivity index (χ4v) is 3.84. The Bertz CT molecular complexity index is 894. The van der Waals surface area contributed by atoms with Crippen LogP contribution in [-0.2, 0) is 16.0 Å². The fraction of sp³-hybridized carbons (Fsp3) is 0.286. The third-order valence-corrected chi connectivity index (χ3v) is 5.50. The lowest BCUT2D eigenvalue weighted by Gasteiger charge is -2.11. The van der Waals surface area contributed by atoms with Gasteiger partial charge in [0.05, 0.1) is 5.69 Å². The number of nitrogens with one attached hydrogen (secondary N) is 2. The Morgan fingerprint density at radius 1 is 1.18 bits per heavy atom. The molecule has 1 aliphatic rings. The molecular formula is C21H24N4O2S. The smallest absolute Gasteiger partial charge is 0.240 e. The Labute approximate surface area is 169 Å². The van der Waals surface area contributed by atoms with Crippen LogP contribution < -0.4 is 15.5 Å². The minimum atomic E-state index is -0.478. The van der Waals surface area contributed by atoms with E-state index in [4.69, 9.17) is 0 Å². The van der Waals surface area contributed by atoms with Crippen LogP contribution in [0.1, 0.15) is 18.9 Å². The summed E-state index contributed by atoms with van der Waals surface area (Å²) >= 11 is 1.29. The number of amidine groups is 1. The van der Waals surface area contributed by atoms with Crippen LogP contribution in [0.25, 0.3) is 0 Å². The van der Waals surface area contributed by atoms with E-state index in [9.17, 15) is 9.59 Å². The molecule has 2 aromatic carbocycles. The number of carbonyl (C=O) groups is 2. The lowest BCUT2D eigenvalue weighted by atomic mass is 10.1. The summed E-state index contributed by atoms with van der Waals surface area (Å²) in [7, 11) is 3.95. The van der Waals surface area contributed by atoms with Gasteiger partial charge in [-0.15, -0.1) is 0 Å². The second kappa shape index (κ2) is 8.93. The number of benzene rings is 2. The van der Waals surface area contributed by atoms with E-state index < -0.39 is 5.25 Å². The van der Waals surface area contributed by atoms with Crippen LogP contribution in [0.15, 0.2) is 53.5 Å². The molecular weight excluding hydrogens is 372 g/mol. The van der Waals surface area contributed by atoms with Crippen molar-refractivity contribution in [1.82, 2.24) is 5.32 Å². The Morgan fingerprint density at radius 2 is 1.89 bits per heavy atom. The first-order valence-electron chi connectivity index (χ1n) is 9.17. The summed E-state index contributed by atoms with van der Waals surface area (Å²) < 4.78 is 0. The number of hydrogen-bond donors (Lipinski definition) is 2. The molecule has 3 rings (SSSR count). The number of amides is 2. The number of rotatable bonds is 6. The highest BCUT2D eigenvalue weighted by Gasteiger charge is 2.32. The highest BCUT2D eigenvalue weighted by Crippen LogP contribution is 2.27. The molecule has 7 heteroatoms. The standard InChI is InChI=1S/C21H24N4O2S/c1-4-14-7-5-6-8-17(14)23-19(26)13-18-20(27)24-21(28-18)22-15-9-11-16(12-10-15)25(2)3/h5-12,18H,4,13H2,1-3H3,(H,23,26)(H,22,24,27). The molecule has 2 N–H and O–H groups in total. The van der Waals surface area contributed by atoms with Gasteiger partial charge < -0.3 is 15.5 Å². The van der Waals surface area contributed by atoms with E-state index >= 15 is 0 Å². The van der Waals surface area contributed by atoms with Gasteiger partial charge in [0.1, 0.15) is 5.25 Å². The zero-order chi connectivity index (χ0) is 20.1. The van der Waals surface area contributed by atoms with E-state index in [1.807, 2.05) is 74.4 Å². The predicted molar refractivity (Wildman–Crippen MR) is 116 cm³/mol. The van der Waals surface area contributed by atoms with Crippen LogP contribution in [0, 0.1) is 0 Å². The molecule has 146 valence electrons. The monoisotopic (exact) mass is 396 g/mol. The summed E-state index contributed by atoms with van der Waals surface area (Å²) in [4.78, 5) is 31.1. The molecule has 1 unspecified atom stereocenters. The maximum atomic E-state index is 12.4. The first-order chi connectivity index (χ1) is 13.5. The molecule has 6 nitrogen and oxygen atoms in total. The average molecular weight is 397 g/mol. The molecule has 28 heavy (non-hydrogen) atoms. The molecule has 0 spiro atoms. The second-order valence-electron chi connectivity index (χ2n) is 6.69. The second-order valence-corrected chi connectivity index (χ2v) is 7.88. The number of carbonyl (C=O) groups excluding carboxylic acids is 2. The minimum absolute atomic E-state index is 0.104. The van der Waals surface area contributed by atoms with E-state index in [2.05, 4.69) is 15.6 Å². The zero-order valence-electron chi connectivity index (χ0n) is 16.2. The van der Waals surface area contributed by atoms with E-state index in [-0.39, 0.29) is 18.2 Å². The summed E-state index contributed by atoms with van der Waals surface area (Å²) in [6, 6.07) is 15.4. The molecule has 0 aromatic heterocycles. The van der Waals surface area contributed by atoms with Crippen LogP contribution in [-0.4, -0.2) is 36.3 Å². The van der Waals surface area contributed by atoms with Gasteiger partial charge in [-0.1, -0.05) is 36.9 Å². The normalized spacial score (nSPS) is 17.5. The van der Waals surface area contributed by atoms with Crippen LogP contribution in [0.5, 0.6) is 0 Å². The fourth-order valence-electron chi connectivity index (χ4n) is 2.86. The van der Waals surface area contributed by atoms with Crippen molar-refractivity contribution in [3.63, 3.8) is 0 Å². The van der Waals surface area contributed by atoms with Crippen LogP contribution in [0.2, 0.25) is 0 Å². The molecule has 1 saturated heterocycles. The number of anilines is 2. The van der Waals surface area contributed by atoms with Gasteiger partial charge in [0.15, 0.2) is 5.17 Å². The van der Waals surface area contributed by atoms with Crippen molar-refractivity contribution in [3.05, 3.63) is 54.1 Å². The van der Waals surface area contributed by atoms with Crippen molar-refractivity contribution >= 4 is 45.8 Å². The number of aryl methyl sites for hydroxylation is 1. The van der Waals surface area contributed by atoms with Gasteiger partial charge in [0.25, 0.3) is 0 Å². The van der Waals surface area contributed by atoms with Crippen molar-refractivity contribution in [2.45, 2.75) is 25.0 Å². The van der Waals surface area contributed by atoms with Crippen LogP contribution in [0.4, 0.5) is 17.1 Å². The summed E-state index contributed by atoms with van der Waals surface area (Å²) in [6.07, 6.45) is 0.936. The molecule has 0 saturated carbocycles. The first-order valence-corrected chi connectivity index (χ1v) is 10.1. The number of thioether (sulfide) groups is 1. The van der Waals surface area contributed by atoms with Crippen molar-refractivity contribution < 1.29 is 9.59 Å². The Kier molecular flexibility index (Phi) is 6.36. The van der Waals surface area contributed by atoms with E-state index in [0.29, 0.717) is 5.17 Å². The highest BCUT2D eigenvalue weighted by atomic mass is 32.2. The van der Waals surface area contributed by atoms with Crippen molar-refractivity contribution in [2.75, 3.05) is 24.3 Å². The molecule has 1 atom stereocenters. The Hall–Kier alpha value is -2.80. The molecule has 1 fully saturated rings. The first kappa shape index (κ1) is 19.9. The zero-order valence-corrected chi connectivity index (χ0v) is 17.0. The van der Waals surface area contributed by atoms with Gasteiger partial charge >= 0.3 is 0 Å². The van der Waals surface area contributed by atoms with Crippen molar-refractivity contribution in [2.24, 2.45) is 4.99 Å².